The number of ketones is 1. The number of ether oxygens (including phenoxy) is 5. The normalized spacial score (nSPS) is 11.6. The molecule has 0 aromatic heterocycles. The molecule has 0 aliphatic heterocycles. The minimum Gasteiger partial charge on any atom is -0.493 e. The monoisotopic (exact) mass is 410 g/mol. The molecule has 9 heteroatoms. The summed E-state index contributed by atoms with van der Waals surface area (Å²) in [6.07, 6.45) is -1.12. The number of methoxy groups -OCH3 is 3. The summed E-state index contributed by atoms with van der Waals surface area (Å²) in [5, 5.41) is 0. The SMILES string of the molecule is COc1cc(C(=O)O[C@@H](C)C(=O)c2ccc(OC(F)F)cc2)cc(OC)c1OC. The molecule has 2 aromatic rings. The Bertz CT molecular complexity index is 841. The fourth-order valence-corrected chi connectivity index (χ4v) is 2.52. The molecule has 2 rings (SSSR count). The lowest BCUT2D eigenvalue weighted by Crippen LogP contribution is -2.24. The van der Waals surface area contributed by atoms with Gasteiger partial charge in [0.25, 0.3) is 0 Å². The molecular formula is C20H20F2O7. The molecule has 7 nitrogen and oxygen atoms in total. The summed E-state index contributed by atoms with van der Waals surface area (Å²) in [6.45, 7) is -1.56. The number of carbonyl (C=O) groups is 2. The van der Waals surface area contributed by atoms with E-state index in [1.54, 1.807) is 0 Å². The average molecular weight is 410 g/mol. The number of Topliss-reactive ketones (excluding diaryl/α,β-unsaturated/α-hetero) is 1. The van der Waals surface area contributed by atoms with Gasteiger partial charge in [0, 0.05) is 5.56 Å². The van der Waals surface area contributed by atoms with Crippen LogP contribution in [0.4, 0.5) is 8.78 Å². The highest BCUT2D eigenvalue weighted by Gasteiger charge is 2.23. The van der Waals surface area contributed by atoms with Gasteiger partial charge in [0.05, 0.1) is 26.9 Å². The summed E-state index contributed by atoms with van der Waals surface area (Å²) in [5.74, 6) is -0.544. The van der Waals surface area contributed by atoms with Gasteiger partial charge < -0.3 is 23.7 Å². The van der Waals surface area contributed by atoms with E-state index in [0.29, 0.717) is 5.75 Å². The van der Waals surface area contributed by atoms with Crippen molar-refractivity contribution >= 4 is 11.8 Å². The van der Waals surface area contributed by atoms with E-state index in [1.807, 2.05) is 0 Å². The van der Waals surface area contributed by atoms with Crippen molar-refractivity contribution in [2.24, 2.45) is 0 Å². The lowest BCUT2D eigenvalue weighted by molar-refractivity contribution is -0.0498. The highest BCUT2D eigenvalue weighted by Crippen LogP contribution is 2.38. The van der Waals surface area contributed by atoms with Gasteiger partial charge in [-0.25, -0.2) is 4.79 Å². The number of esters is 1. The number of hydrogen-bond acceptors (Lipinski definition) is 7. The van der Waals surface area contributed by atoms with E-state index >= 15 is 0 Å². The van der Waals surface area contributed by atoms with Gasteiger partial charge in [-0.2, -0.15) is 8.78 Å². The topological polar surface area (TPSA) is 80.3 Å². The van der Waals surface area contributed by atoms with Crippen LogP contribution in [0.25, 0.3) is 0 Å². The van der Waals surface area contributed by atoms with Crippen LogP contribution in [0, 0.1) is 0 Å². The van der Waals surface area contributed by atoms with Crippen molar-refractivity contribution < 1.29 is 42.1 Å². The van der Waals surface area contributed by atoms with Gasteiger partial charge in [-0.05, 0) is 43.3 Å². The van der Waals surface area contributed by atoms with Crippen LogP contribution in [0.1, 0.15) is 27.6 Å². The first-order valence-electron chi connectivity index (χ1n) is 8.40. The number of carbonyl (C=O) groups excluding carboxylic acids is 2. The average Bonchev–Trinajstić information content (AvgIpc) is 2.71. The van der Waals surface area contributed by atoms with Crippen molar-refractivity contribution in [3.63, 3.8) is 0 Å². The number of halogens is 2. The zero-order chi connectivity index (χ0) is 21.6. The smallest absolute Gasteiger partial charge is 0.387 e. The van der Waals surface area contributed by atoms with E-state index in [2.05, 4.69) is 4.74 Å². The summed E-state index contributed by atoms with van der Waals surface area (Å²) < 4.78 is 49.4. The molecule has 29 heavy (non-hydrogen) atoms. The van der Waals surface area contributed by atoms with E-state index in [4.69, 9.17) is 18.9 Å². The Hall–Kier alpha value is -3.36. The standard InChI is InChI=1S/C20H20F2O7/c1-11(17(23)12-5-7-14(8-6-12)29-20(21)22)28-19(24)13-9-15(25-2)18(27-4)16(10-13)26-3/h5-11,20H,1-4H3/t11-/m0/s1. The van der Waals surface area contributed by atoms with Crippen molar-refractivity contribution in [3.8, 4) is 23.0 Å². The first-order chi connectivity index (χ1) is 13.8. The quantitative estimate of drug-likeness (QED) is 0.460. The maximum absolute atomic E-state index is 12.5. The molecule has 0 saturated heterocycles. The lowest BCUT2D eigenvalue weighted by Gasteiger charge is -2.16. The van der Waals surface area contributed by atoms with Crippen molar-refractivity contribution in [3.05, 3.63) is 47.5 Å². The molecule has 1 atom stereocenters. The molecule has 0 bridgehead atoms. The Balaban J connectivity index is 2.14. The van der Waals surface area contributed by atoms with Gasteiger partial charge in [0.2, 0.25) is 11.5 Å². The Kier molecular flexibility index (Phi) is 7.35. The zero-order valence-corrected chi connectivity index (χ0v) is 16.2. The van der Waals surface area contributed by atoms with Crippen molar-refractivity contribution in [2.45, 2.75) is 19.6 Å². The number of rotatable bonds is 9. The predicted octanol–water partition coefficient (Wildman–Crippen LogP) is 3.74. The second-order valence-corrected chi connectivity index (χ2v) is 5.73. The van der Waals surface area contributed by atoms with Crippen LogP contribution >= 0.6 is 0 Å². The van der Waals surface area contributed by atoms with Gasteiger partial charge in [0.1, 0.15) is 5.75 Å². The summed E-state index contributed by atoms with van der Waals surface area (Å²) in [6, 6.07) is 7.88. The van der Waals surface area contributed by atoms with E-state index in [9.17, 15) is 18.4 Å². The maximum Gasteiger partial charge on any atom is 0.387 e. The third kappa shape index (κ3) is 5.34. The molecule has 0 radical (unpaired) electrons. The van der Waals surface area contributed by atoms with Crippen LogP contribution in [0.3, 0.4) is 0 Å². The first kappa shape index (κ1) is 21.9. The van der Waals surface area contributed by atoms with Gasteiger partial charge in [-0.1, -0.05) is 0 Å². The van der Waals surface area contributed by atoms with Gasteiger partial charge in [-0.15, -0.1) is 0 Å². The first-order valence-corrected chi connectivity index (χ1v) is 8.40. The lowest BCUT2D eigenvalue weighted by atomic mass is 10.1. The number of benzene rings is 2. The van der Waals surface area contributed by atoms with Crippen molar-refractivity contribution in [1.82, 2.24) is 0 Å². The molecule has 2 aromatic carbocycles. The minimum absolute atomic E-state index is 0.0846. The van der Waals surface area contributed by atoms with Gasteiger partial charge in [0.15, 0.2) is 17.6 Å². The van der Waals surface area contributed by atoms with Crippen LogP contribution < -0.4 is 18.9 Å². The van der Waals surface area contributed by atoms with Crippen LogP contribution in [-0.2, 0) is 4.74 Å². The second-order valence-electron chi connectivity index (χ2n) is 5.73. The summed E-state index contributed by atoms with van der Waals surface area (Å²) in [7, 11) is 4.23. The maximum atomic E-state index is 12.5. The van der Waals surface area contributed by atoms with Crippen LogP contribution in [0.2, 0.25) is 0 Å². The molecule has 0 amide bonds. The molecule has 0 spiro atoms. The highest BCUT2D eigenvalue weighted by molar-refractivity contribution is 6.01. The van der Waals surface area contributed by atoms with Crippen LogP contribution in [0.5, 0.6) is 23.0 Å². The molecule has 0 aliphatic rings. The number of hydrogen-bond donors (Lipinski definition) is 0. The third-order valence-corrected chi connectivity index (χ3v) is 3.92. The van der Waals surface area contributed by atoms with E-state index in [0.717, 1.165) is 0 Å². The van der Waals surface area contributed by atoms with E-state index < -0.39 is 24.5 Å². The Morgan fingerprint density at radius 1 is 0.862 bits per heavy atom. The Morgan fingerprint density at radius 3 is 1.86 bits per heavy atom. The van der Waals surface area contributed by atoms with Crippen molar-refractivity contribution in [1.29, 1.82) is 0 Å². The van der Waals surface area contributed by atoms with Crippen molar-refractivity contribution in [2.75, 3.05) is 21.3 Å². The molecule has 0 fully saturated rings. The second kappa shape index (κ2) is 9.72. The third-order valence-electron chi connectivity index (χ3n) is 3.92. The van der Waals surface area contributed by atoms with Gasteiger partial charge in [-0.3, -0.25) is 4.79 Å². The molecule has 0 heterocycles. The van der Waals surface area contributed by atoms with Crippen LogP contribution in [0.15, 0.2) is 36.4 Å². The predicted molar refractivity (Wildman–Crippen MR) is 98.4 cm³/mol. The Morgan fingerprint density at radius 2 is 1.41 bits per heavy atom. The summed E-state index contributed by atoms with van der Waals surface area (Å²) >= 11 is 0. The highest BCUT2D eigenvalue weighted by atomic mass is 19.3. The summed E-state index contributed by atoms with van der Waals surface area (Å²) in [4.78, 5) is 24.9. The summed E-state index contributed by atoms with van der Waals surface area (Å²) in [5.41, 5.74) is 0.275. The van der Waals surface area contributed by atoms with Crippen LogP contribution in [-0.4, -0.2) is 45.8 Å². The molecule has 0 saturated carbocycles. The molecular weight excluding hydrogens is 390 g/mol. The Labute approximate surface area is 166 Å². The zero-order valence-electron chi connectivity index (χ0n) is 16.2. The largest absolute Gasteiger partial charge is 0.493 e. The van der Waals surface area contributed by atoms with E-state index in [-0.39, 0.29) is 28.4 Å². The molecule has 156 valence electrons. The van der Waals surface area contributed by atoms with Gasteiger partial charge >= 0.3 is 12.6 Å². The number of alkyl halides is 2. The fraction of sp³-hybridized carbons (Fsp3) is 0.300. The van der Waals surface area contributed by atoms with E-state index in [1.165, 1.54) is 64.7 Å². The fourth-order valence-electron chi connectivity index (χ4n) is 2.52. The molecule has 0 aliphatic carbocycles. The minimum atomic E-state index is -2.96. The molecule has 0 N–H and O–H groups in total. The molecule has 0 unspecified atom stereocenters.